The summed E-state index contributed by atoms with van der Waals surface area (Å²) in [5, 5.41) is 0.759. The molecule has 1 unspecified atom stereocenters. The van der Waals surface area contributed by atoms with Crippen LogP contribution < -0.4 is 0 Å². The molecule has 0 spiro atoms. The van der Waals surface area contributed by atoms with Gasteiger partial charge in [-0.1, -0.05) is 50.1 Å². The van der Waals surface area contributed by atoms with Crippen molar-refractivity contribution < 1.29 is 8.42 Å². The first-order valence-electron chi connectivity index (χ1n) is 6.21. The van der Waals surface area contributed by atoms with Gasteiger partial charge in [0.15, 0.2) is 9.84 Å². The lowest BCUT2D eigenvalue weighted by atomic mass is 9.99. The first-order valence-corrected chi connectivity index (χ1v) is 9.78. The Bertz CT molecular complexity index is 518. The van der Waals surface area contributed by atoms with Gasteiger partial charge in [-0.2, -0.15) is 0 Å². The molecular weight excluding hydrogens is 392 g/mol. The fourth-order valence-corrected chi connectivity index (χ4v) is 4.21. The van der Waals surface area contributed by atoms with Crippen molar-refractivity contribution in [1.82, 2.24) is 0 Å². The van der Waals surface area contributed by atoms with Crippen LogP contribution in [0.5, 0.6) is 0 Å². The third-order valence-electron chi connectivity index (χ3n) is 3.20. The topological polar surface area (TPSA) is 34.1 Å². The highest BCUT2D eigenvalue weighted by Crippen LogP contribution is 2.30. The van der Waals surface area contributed by atoms with Crippen molar-refractivity contribution in [2.45, 2.75) is 37.9 Å². The molecule has 0 aliphatic carbocycles. The lowest BCUT2D eigenvalue weighted by Gasteiger charge is -2.22. The zero-order valence-corrected chi connectivity index (χ0v) is 15.5. The third kappa shape index (κ3) is 4.57. The van der Waals surface area contributed by atoms with Crippen LogP contribution in [0.25, 0.3) is 0 Å². The molecule has 1 atom stereocenters. The van der Waals surface area contributed by atoms with Gasteiger partial charge in [0.05, 0.1) is 10.5 Å². The van der Waals surface area contributed by atoms with E-state index in [1.165, 1.54) is 0 Å². The van der Waals surface area contributed by atoms with Crippen LogP contribution in [0.15, 0.2) is 28.7 Å². The van der Waals surface area contributed by atoms with Gasteiger partial charge in [-0.3, -0.25) is 0 Å². The van der Waals surface area contributed by atoms with Crippen molar-refractivity contribution in [3.8, 4) is 0 Å². The molecular formula is C14H20Br2O2S. The smallest absolute Gasteiger partial charge is 0.155 e. The van der Waals surface area contributed by atoms with Crippen molar-refractivity contribution >= 4 is 41.7 Å². The van der Waals surface area contributed by atoms with Crippen LogP contribution in [0.3, 0.4) is 0 Å². The largest absolute Gasteiger partial charge is 0.228 e. The van der Waals surface area contributed by atoms with E-state index in [1.807, 2.05) is 24.3 Å². The van der Waals surface area contributed by atoms with E-state index in [9.17, 15) is 8.42 Å². The molecule has 0 aliphatic rings. The highest BCUT2D eigenvalue weighted by Gasteiger charge is 2.29. The molecule has 0 N–H and O–H groups in total. The standard InChI is InChI=1S/C14H20Br2O2S/c1-14(2,3)19(17,18)9-8-11(10-15)12-6-4-5-7-13(12)16/h4-7,11H,8-10H2,1-3H3. The average molecular weight is 412 g/mol. The van der Waals surface area contributed by atoms with Crippen LogP contribution in [-0.2, 0) is 9.84 Å². The molecule has 19 heavy (non-hydrogen) atoms. The summed E-state index contributed by atoms with van der Waals surface area (Å²) in [7, 11) is -3.06. The first-order chi connectivity index (χ1) is 8.69. The minimum Gasteiger partial charge on any atom is -0.228 e. The predicted molar refractivity (Wildman–Crippen MR) is 88.8 cm³/mol. The summed E-state index contributed by atoms with van der Waals surface area (Å²) in [4.78, 5) is 0. The van der Waals surface area contributed by atoms with Gasteiger partial charge in [-0.25, -0.2) is 8.42 Å². The van der Waals surface area contributed by atoms with Crippen molar-refractivity contribution in [3.63, 3.8) is 0 Å². The second-order valence-corrected chi connectivity index (χ2v) is 9.96. The number of hydrogen-bond donors (Lipinski definition) is 0. The molecule has 2 nitrogen and oxygen atoms in total. The van der Waals surface area contributed by atoms with Crippen LogP contribution in [0, 0.1) is 0 Å². The van der Waals surface area contributed by atoms with Gasteiger partial charge in [0.2, 0.25) is 0 Å². The number of sulfone groups is 1. The quantitative estimate of drug-likeness (QED) is 0.667. The second-order valence-electron chi connectivity index (χ2n) is 5.59. The van der Waals surface area contributed by atoms with Gasteiger partial charge >= 0.3 is 0 Å². The van der Waals surface area contributed by atoms with E-state index in [2.05, 4.69) is 31.9 Å². The fraction of sp³-hybridized carbons (Fsp3) is 0.571. The highest BCUT2D eigenvalue weighted by atomic mass is 79.9. The lowest BCUT2D eigenvalue weighted by molar-refractivity contribution is 0.554. The van der Waals surface area contributed by atoms with Gasteiger partial charge in [0.25, 0.3) is 0 Å². The fourth-order valence-electron chi connectivity index (χ4n) is 1.73. The molecule has 0 aromatic heterocycles. The SMILES string of the molecule is CC(C)(C)S(=O)(=O)CCC(CBr)c1ccccc1Br. The summed E-state index contributed by atoms with van der Waals surface area (Å²) in [6.07, 6.45) is 0.632. The lowest BCUT2D eigenvalue weighted by Crippen LogP contribution is -2.31. The summed E-state index contributed by atoms with van der Waals surface area (Å²) in [6.45, 7) is 5.26. The van der Waals surface area contributed by atoms with E-state index in [0.29, 0.717) is 6.42 Å². The van der Waals surface area contributed by atoms with Crippen molar-refractivity contribution in [1.29, 1.82) is 0 Å². The molecule has 0 bridgehead atoms. The normalized spacial score (nSPS) is 14.4. The van der Waals surface area contributed by atoms with Gasteiger partial charge in [-0.05, 0) is 44.7 Å². The van der Waals surface area contributed by atoms with E-state index in [-0.39, 0.29) is 11.7 Å². The van der Waals surface area contributed by atoms with Gasteiger partial charge in [0.1, 0.15) is 0 Å². The number of benzene rings is 1. The van der Waals surface area contributed by atoms with Crippen LogP contribution in [0.2, 0.25) is 0 Å². The maximum absolute atomic E-state index is 12.2. The molecule has 0 aliphatic heterocycles. The van der Waals surface area contributed by atoms with Crippen molar-refractivity contribution in [2.75, 3.05) is 11.1 Å². The summed E-state index contributed by atoms with van der Waals surface area (Å²) in [5.74, 6) is 0.418. The van der Waals surface area contributed by atoms with E-state index >= 15 is 0 Å². The molecule has 1 aromatic carbocycles. The second kappa shape index (κ2) is 6.72. The minimum absolute atomic E-state index is 0.202. The summed E-state index contributed by atoms with van der Waals surface area (Å²) >= 11 is 7.02. The summed E-state index contributed by atoms with van der Waals surface area (Å²) in [6, 6.07) is 7.97. The third-order valence-corrected chi connectivity index (χ3v) is 7.34. The molecule has 0 saturated heterocycles. The highest BCUT2D eigenvalue weighted by molar-refractivity contribution is 9.10. The molecule has 0 heterocycles. The Labute approximate surface area is 133 Å². The number of alkyl halides is 1. The van der Waals surface area contributed by atoms with Crippen LogP contribution in [-0.4, -0.2) is 24.2 Å². The average Bonchev–Trinajstić information content (AvgIpc) is 2.30. The molecule has 5 heteroatoms. The molecule has 0 amide bonds. The molecule has 0 fully saturated rings. The molecule has 0 radical (unpaired) electrons. The predicted octanol–water partition coefficient (Wildman–Crippen LogP) is 4.53. The van der Waals surface area contributed by atoms with E-state index in [1.54, 1.807) is 20.8 Å². The van der Waals surface area contributed by atoms with E-state index in [4.69, 9.17) is 0 Å². The maximum Gasteiger partial charge on any atom is 0.155 e. The Morgan fingerprint density at radius 1 is 1.21 bits per heavy atom. The molecule has 0 saturated carbocycles. The molecule has 108 valence electrons. The van der Waals surface area contributed by atoms with E-state index < -0.39 is 14.6 Å². The Kier molecular flexibility index (Phi) is 6.08. The zero-order valence-electron chi connectivity index (χ0n) is 11.5. The maximum atomic E-state index is 12.2. The summed E-state index contributed by atoms with van der Waals surface area (Å²) in [5.41, 5.74) is 1.16. The zero-order chi connectivity index (χ0) is 14.7. The number of rotatable bonds is 5. The van der Waals surface area contributed by atoms with Gasteiger partial charge in [0, 0.05) is 9.80 Å². The minimum atomic E-state index is -3.06. The van der Waals surface area contributed by atoms with Gasteiger partial charge in [-0.15, -0.1) is 0 Å². The van der Waals surface area contributed by atoms with Gasteiger partial charge < -0.3 is 0 Å². The first kappa shape index (κ1) is 17.2. The van der Waals surface area contributed by atoms with Crippen LogP contribution >= 0.6 is 31.9 Å². The number of halogens is 2. The number of hydrogen-bond acceptors (Lipinski definition) is 2. The monoisotopic (exact) mass is 410 g/mol. The molecule has 1 rings (SSSR count). The Morgan fingerprint density at radius 3 is 2.26 bits per heavy atom. The summed E-state index contributed by atoms with van der Waals surface area (Å²) < 4.78 is 24.7. The van der Waals surface area contributed by atoms with Crippen LogP contribution in [0.4, 0.5) is 0 Å². The van der Waals surface area contributed by atoms with Crippen LogP contribution in [0.1, 0.15) is 38.7 Å². The van der Waals surface area contributed by atoms with E-state index in [0.717, 1.165) is 15.4 Å². The molecule has 1 aromatic rings. The van der Waals surface area contributed by atoms with Crippen molar-refractivity contribution in [3.05, 3.63) is 34.3 Å². The Morgan fingerprint density at radius 2 is 1.79 bits per heavy atom. The van der Waals surface area contributed by atoms with Crippen molar-refractivity contribution in [2.24, 2.45) is 0 Å². The Balaban J connectivity index is 2.84. The Hall–Kier alpha value is 0.130.